The van der Waals surface area contributed by atoms with Crippen LogP contribution in [0.2, 0.25) is 0 Å². The fourth-order valence-electron chi connectivity index (χ4n) is 2.22. The van der Waals surface area contributed by atoms with Crippen LogP contribution >= 0.6 is 0 Å². The molecule has 92 valence electrons. The van der Waals surface area contributed by atoms with Crippen molar-refractivity contribution in [3.63, 3.8) is 0 Å². The van der Waals surface area contributed by atoms with E-state index in [2.05, 4.69) is 0 Å². The van der Waals surface area contributed by atoms with Crippen molar-refractivity contribution in [2.45, 2.75) is 25.0 Å². The standard InChI is InChI=1S/C13H17NO3/c1-14-11(7-8-12(14)15)13(16)9-3-5-10(17-2)6-4-9/h3-6,11,13,16H,7-8H2,1-2H3/t11-,13+/m1/s1. The second-order valence-corrected chi connectivity index (χ2v) is 4.33. The molecule has 0 aliphatic carbocycles. The molecule has 1 aromatic rings. The van der Waals surface area contributed by atoms with Gasteiger partial charge in [-0.2, -0.15) is 0 Å². The molecule has 1 heterocycles. The molecule has 2 rings (SSSR count). The highest BCUT2D eigenvalue weighted by atomic mass is 16.5. The minimum Gasteiger partial charge on any atom is -0.497 e. The Kier molecular flexibility index (Phi) is 3.33. The van der Waals surface area contributed by atoms with Crippen LogP contribution in [0.1, 0.15) is 24.5 Å². The van der Waals surface area contributed by atoms with Crippen molar-refractivity contribution in [1.29, 1.82) is 0 Å². The summed E-state index contributed by atoms with van der Waals surface area (Å²) < 4.78 is 5.07. The van der Waals surface area contributed by atoms with Gasteiger partial charge in [0, 0.05) is 13.5 Å². The van der Waals surface area contributed by atoms with E-state index < -0.39 is 6.10 Å². The summed E-state index contributed by atoms with van der Waals surface area (Å²) in [5.74, 6) is 0.861. The molecule has 1 saturated heterocycles. The number of rotatable bonds is 3. The molecule has 1 amide bonds. The van der Waals surface area contributed by atoms with Gasteiger partial charge < -0.3 is 14.7 Å². The lowest BCUT2D eigenvalue weighted by Crippen LogP contribution is -2.33. The average Bonchev–Trinajstić information content (AvgIpc) is 2.69. The first-order chi connectivity index (χ1) is 8.13. The molecule has 4 nitrogen and oxygen atoms in total. The van der Waals surface area contributed by atoms with E-state index in [0.717, 1.165) is 11.3 Å². The number of benzene rings is 1. The zero-order valence-electron chi connectivity index (χ0n) is 10.1. The summed E-state index contributed by atoms with van der Waals surface area (Å²) in [6.07, 6.45) is 0.606. The summed E-state index contributed by atoms with van der Waals surface area (Å²) in [5, 5.41) is 10.2. The van der Waals surface area contributed by atoms with Crippen molar-refractivity contribution in [1.82, 2.24) is 4.90 Å². The van der Waals surface area contributed by atoms with Gasteiger partial charge in [0.1, 0.15) is 5.75 Å². The maximum atomic E-state index is 11.4. The van der Waals surface area contributed by atoms with Crippen LogP contribution in [-0.4, -0.2) is 36.1 Å². The minimum atomic E-state index is -0.627. The van der Waals surface area contributed by atoms with Gasteiger partial charge in [0.05, 0.1) is 19.3 Å². The number of aliphatic hydroxyl groups is 1. The molecule has 0 saturated carbocycles. The lowest BCUT2D eigenvalue weighted by Gasteiger charge is -2.25. The molecule has 1 N–H and O–H groups in total. The van der Waals surface area contributed by atoms with E-state index in [1.54, 1.807) is 19.1 Å². The number of methoxy groups -OCH3 is 1. The van der Waals surface area contributed by atoms with Crippen LogP contribution < -0.4 is 4.74 Å². The third kappa shape index (κ3) is 2.26. The normalized spacial score (nSPS) is 21.7. The SMILES string of the molecule is COc1ccc([C@H](O)[C@H]2CCC(=O)N2C)cc1. The number of nitrogens with zero attached hydrogens (tertiary/aromatic N) is 1. The van der Waals surface area contributed by atoms with E-state index in [4.69, 9.17) is 4.74 Å². The summed E-state index contributed by atoms with van der Waals surface area (Å²) in [4.78, 5) is 13.0. The molecule has 0 bridgehead atoms. The maximum absolute atomic E-state index is 11.4. The van der Waals surface area contributed by atoms with Crippen LogP contribution in [-0.2, 0) is 4.79 Å². The monoisotopic (exact) mass is 235 g/mol. The van der Waals surface area contributed by atoms with Crippen molar-refractivity contribution in [2.24, 2.45) is 0 Å². The zero-order chi connectivity index (χ0) is 12.4. The van der Waals surface area contributed by atoms with Crippen LogP contribution in [0.4, 0.5) is 0 Å². The number of carbonyl (C=O) groups excluding carboxylic acids is 1. The predicted octanol–water partition coefficient (Wildman–Crippen LogP) is 1.35. The van der Waals surface area contributed by atoms with E-state index in [1.807, 2.05) is 24.3 Å². The number of hydrogen-bond donors (Lipinski definition) is 1. The molecule has 1 fully saturated rings. The highest BCUT2D eigenvalue weighted by Gasteiger charge is 2.33. The Hall–Kier alpha value is -1.55. The van der Waals surface area contributed by atoms with Crippen molar-refractivity contribution in [3.8, 4) is 5.75 Å². The number of carbonyl (C=O) groups is 1. The van der Waals surface area contributed by atoms with Gasteiger partial charge in [0.25, 0.3) is 0 Å². The number of amides is 1. The molecule has 0 unspecified atom stereocenters. The molecule has 2 atom stereocenters. The fraction of sp³-hybridized carbons (Fsp3) is 0.462. The molecule has 17 heavy (non-hydrogen) atoms. The Balaban J connectivity index is 2.13. The third-order valence-electron chi connectivity index (χ3n) is 3.37. The number of hydrogen-bond acceptors (Lipinski definition) is 3. The van der Waals surface area contributed by atoms with E-state index in [0.29, 0.717) is 12.8 Å². The summed E-state index contributed by atoms with van der Waals surface area (Å²) >= 11 is 0. The van der Waals surface area contributed by atoms with Gasteiger partial charge in [-0.15, -0.1) is 0 Å². The van der Waals surface area contributed by atoms with E-state index in [-0.39, 0.29) is 11.9 Å². The second-order valence-electron chi connectivity index (χ2n) is 4.33. The number of likely N-dealkylation sites (tertiary alicyclic amines) is 1. The highest BCUT2D eigenvalue weighted by Crippen LogP contribution is 2.29. The molecule has 1 aliphatic heterocycles. The lowest BCUT2D eigenvalue weighted by molar-refractivity contribution is -0.128. The molecule has 4 heteroatoms. The Morgan fingerprint density at radius 1 is 1.41 bits per heavy atom. The highest BCUT2D eigenvalue weighted by molar-refractivity contribution is 5.78. The number of likely N-dealkylation sites (N-methyl/N-ethyl adjacent to an activating group) is 1. The zero-order valence-corrected chi connectivity index (χ0v) is 10.1. The predicted molar refractivity (Wildman–Crippen MR) is 63.7 cm³/mol. The quantitative estimate of drug-likeness (QED) is 0.860. The molecular formula is C13H17NO3. The van der Waals surface area contributed by atoms with Crippen molar-refractivity contribution in [2.75, 3.05) is 14.2 Å². The first kappa shape index (κ1) is 11.9. The van der Waals surface area contributed by atoms with Gasteiger partial charge in [-0.25, -0.2) is 0 Å². The summed E-state index contributed by atoms with van der Waals surface area (Å²) in [5.41, 5.74) is 0.817. The van der Waals surface area contributed by atoms with E-state index in [1.165, 1.54) is 0 Å². The summed E-state index contributed by atoms with van der Waals surface area (Å²) in [6.45, 7) is 0. The van der Waals surface area contributed by atoms with Crippen LogP contribution in [0.15, 0.2) is 24.3 Å². The second kappa shape index (κ2) is 4.75. The van der Waals surface area contributed by atoms with E-state index in [9.17, 15) is 9.90 Å². The van der Waals surface area contributed by atoms with Gasteiger partial charge in [-0.05, 0) is 24.1 Å². The average molecular weight is 235 g/mol. The molecular weight excluding hydrogens is 218 g/mol. The summed E-state index contributed by atoms with van der Waals surface area (Å²) in [7, 11) is 3.35. The van der Waals surface area contributed by atoms with Crippen LogP contribution in [0.5, 0.6) is 5.75 Å². The Morgan fingerprint density at radius 2 is 2.06 bits per heavy atom. The van der Waals surface area contributed by atoms with Gasteiger partial charge in [0.15, 0.2) is 0 Å². The number of aliphatic hydroxyl groups excluding tert-OH is 1. The molecule has 0 spiro atoms. The molecule has 1 aliphatic rings. The smallest absolute Gasteiger partial charge is 0.222 e. The molecule has 0 aromatic heterocycles. The summed E-state index contributed by atoms with van der Waals surface area (Å²) in [6, 6.07) is 7.18. The third-order valence-corrected chi connectivity index (χ3v) is 3.37. The van der Waals surface area contributed by atoms with Gasteiger partial charge >= 0.3 is 0 Å². The van der Waals surface area contributed by atoms with Crippen molar-refractivity contribution in [3.05, 3.63) is 29.8 Å². The Bertz CT molecular complexity index is 402. The van der Waals surface area contributed by atoms with Gasteiger partial charge in [-0.3, -0.25) is 4.79 Å². The fourth-order valence-corrected chi connectivity index (χ4v) is 2.22. The number of ether oxygens (including phenoxy) is 1. The van der Waals surface area contributed by atoms with Gasteiger partial charge in [0.2, 0.25) is 5.91 Å². The first-order valence-electron chi connectivity index (χ1n) is 5.71. The van der Waals surface area contributed by atoms with Crippen LogP contribution in [0.3, 0.4) is 0 Å². The lowest BCUT2D eigenvalue weighted by atomic mass is 10.0. The van der Waals surface area contributed by atoms with E-state index >= 15 is 0 Å². The van der Waals surface area contributed by atoms with Crippen LogP contribution in [0, 0.1) is 0 Å². The topological polar surface area (TPSA) is 49.8 Å². The maximum Gasteiger partial charge on any atom is 0.222 e. The first-order valence-corrected chi connectivity index (χ1v) is 5.71. The Morgan fingerprint density at radius 3 is 2.53 bits per heavy atom. The minimum absolute atomic E-state index is 0.0996. The molecule has 0 radical (unpaired) electrons. The molecule has 1 aromatic carbocycles. The Labute approximate surface area is 101 Å². The van der Waals surface area contributed by atoms with Crippen LogP contribution in [0.25, 0.3) is 0 Å². The van der Waals surface area contributed by atoms with Gasteiger partial charge in [-0.1, -0.05) is 12.1 Å². The largest absolute Gasteiger partial charge is 0.497 e. The van der Waals surface area contributed by atoms with Crippen molar-refractivity contribution < 1.29 is 14.6 Å². The van der Waals surface area contributed by atoms with Crippen molar-refractivity contribution >= 4 is 5.91 Å².